The zero-order valence-corrected chi connectivity index (χ0v) is 21.5. The number of hydrogen-bond acceptors (Lipinski definition) is 7. The van der Waals surface area contributed by atoms with Crippen LogP contribution in [-0.4, -0.2) is 69.6 Å². The fourth-order valence-corrected chi connectivity index (χ4v) is 6.28. The molecule has 9 heteroatoms. The van der Waals surface area contributed by atoms with Gasteiger partial charge in [0.15, 0.2) is 0 Å². The summed E-state index contributed by atoms with van der Waals surface area (Å²) in [6, 6.07) is 6.55. The molecule has 1 atom stereocenters. The van der Waals surface area contributed by atoms with Crippen LogP contribution in [0.3, 0.4) is 0 Å². The van der Waals surface area contributed by atoms with Gasteiger partial charge in [-0.05, 0) is 37.0 Å². The van der Waals surface area contributed by atoms with E-state index in [0.29, 0.717) is 23.7 Å². The predicted molar refractivity (Wildman–Crippen MR) is 142 cm³/mol. The van der Waals surface area contributed by atoms with Gasteiger partial charge in [0.1, 0.15) is 17.2 Å². The average molecular weight is 489 g/mol. The van der Waals surface area contributed by atoms with E-state index in [0.717, 1.165) is 61.4 Å². The molecule has 2 aliphatic heterocycles. The topological polar surface area (TPSA) is 91.2 Å². The van der Waals surface area contributed by atoms with Gasteiger partial charge in [-0.1, -0.05) is 33.1 Å². The normalized spacial score (nSPS) is 21.9. The van der Waals surface area contributed by atoms with Gasteiger partial charge in [-0.25, -0.2) is 9.97 Å². The molecule has 1 unspecified atom stereocenters. The number of carbonyl (C=O) groups is 1. The molecule has 6 rings (SSSR count). The summed E-state index contributed by atoms with van der Waals surface area (Å²) in [6.07, 6.45) is 9.50. The van der Waals surface area contributed by atoms with Gasteiger partial charge in [-0.2, -0.15) is 4.98 Å². The number of pyridine rings is 1. The Morgan fingerprint density at radius 2 is 1.97 bits per heavy atom. The minimum absolute atomic E-state index is 0.0589. The highest BCUT2D eigenvalue weighted by Gasteiger charge is 2.43. The molecule has 1 amide bonds. The van der Waals surface area contributed by atoms with Gasteiger partial charge >= 0.3 is 0 Å². The summed E-state index contributed by atoms with van der Waals surface area (Å²) in [5, 5.41) is 7.80. The number of amides is 1. The van der Waals surface area contributed by atoms with Crippen molar-refractivity contribution in [2.24, 2.45) is 5.92 Å². The second kappa shape index (κ2) is 9.03. The third-order valence-electron chi connectivity index (χ3n) is 8.26. The molecule has 0 radical (unpaired) electrons. The minimum atomic E-state index is -0.0827. The maximum Gasteiger partial charge on any atom is 0.270 e. The first kappa shape index (κ1) is 23.2. The summed E-state index contributed by atoms with van der Waals surface area (Å²) >= 11 is 0. The summed E-state index contributed by atoms with van der Waals surface area (Å²) < 4.78 is 2.22. The highest BCUT2D eigenvalue weighted by Crippen LogP contribution is 2.42. The van der Waals surface area contributed by atoms with Crippen molar-refractivity contribution in [2.45, 2.75) is 57.5 Å². The Morgan fingerprint density at radius 1 is 1.14 bits per heavy atom. The molecule has 190 valence electrons. The zero-order valence-electron chi connectivity index (χ0n) is 21.5. The van der Waals surface area contributed by atoms with Gasteiger partial charge in [0.05, 0.1) is 17.4 Å². The van der Waals surface area contributed by atoms with Gasteiger partial charge in [0, 0.05) is 50.9 Å². The van der Waals surface area contributed by atoms with Crippen LogP contribution < -0.4 is 15.5 Å². The molecule has 1 spiro atoms. The van der Waals surface area contributed by atoms with Crippen molar-refractivity contribution in [1.29, 1.82) is 0 Å². The van der Waals surface area contributed by atoms with Crippen molar-refractivity contribution in [2.75, 3.05) is 43.4 Å². The van der Waals surface area contributed by atoms with Crippen molar-refractivity contribution >= 4 is 34.4 Å². The molecule has 3 aromatic rings. The predicted octanol–water partition coefficient (Wildman–Crippen LogP) is 3.75. The Hall–Kier alpha value is -3.20. The maximum absolute atomic E-state index is 13.0. The average Bonchev–Trinajstić information content (AvgIpc) is 3.29. The number of anilines is 3. The number of piperazine rings is 1. The number of aromatic nitrogens is 4. The fraction of sp³-hybridized carbons (Fsp3) is 0.556. The van der Waals surface area contributed by atoms with E-state index in [1.54, 1.807) is 0 Å². The molecule has 9 nitrogen and oxygen atoms in total. The van der Waals surface area contributed by atoms with Gasteiger partial charge in [-0.15, -0.1) is 0 Å². The van der Waals surface area contributed by atoms with E-state index in [-0.39, 0.29) is 11.4 Å². The zero-order chi connectivity index (χ0) is 24.9. The van der Waals surface area contributed by atoms with E-state index in [1.165, 1.54) is 19.3 Å². The fourth-order valence-electron chi connectivity index (χ4n) is 6.28. The molecule has 36 heavy (non-hydrogen) atoms. The van der Waals surface area contributed by atoms with Crippen LogP contribution in [0.15, 0.2) is 30.6 Å². The number of fused-ring (bicyclic) bond motifs is 4. The molecule has 1 saturated carbocycles. The Morgan fingerprint density at radius 3 is 2.72 bits per heavy atom. The van der Waals surface area contributed by atoms with Gasteiger partial charge in [-0.3, -0.25) is 4.79 Å². The quantitative estimate of drug-likeness (QED) is 0.578. The monoisotopic (exact) mass is 488 g/mol. The Balaban J connectivity index is 1.27. The number of nitrogens with one attached hydrogen (secondary N) is 2. The second-order valence-corrected chi connectivity index (χ2v) is 11.1. The van der Waals surface area contributed by atoms with Crippen molar-refractivity contribution in [1.82, 2.24) is 29.7 Å². The van der Waals surface area contributed by atoms with E-state index in [9.17, 15) is 4.79 Å². The van der Waals surface area contributed by atoms with E-state index in [4.69, 9.17) is 4.98 Å². The van der Waals surface area contributed by atoms with Gasteiger partial charge < -0.3 is 25.0 Å². The van der Waals surface area contributed by atoms with E-state index in [1.807, 2.05) is 36.5 Å². The lowest BCUT2D eigenvalue weighted by Crippen LogP contribution is -2.53. The molecule has 5 heterocycles. The first-order valence-corrected chi connectivity index (χ1v) is 13.3. The van der Waals surface area contributed by atoms with Crippen LogP contribution >= 0.6 is 0 Å². The molecule has 2 fully saturated rings. The molecular formula is C27H36N8O. The van der Waals surface area contributed by atoms with E-state index >= 15 is 0 Å². The smallest absolute Gasteiger partial charge is 0.270 e. The molecule has 1 saturated heterocycles. The van der Waals surface area contributed by atoms with Crippen molar-refractivity contribution in [3.63, 3.8) is 0 Å². The summed E-state index contributed by atoms with van der Waals surface area (Å²) in [4.78, 5) is 31.4. The van der Waals surface area contributed by atoms with Crippen LogP contribution in [0.25, 0.3) is 11.0 Å². The largest absolute Gasteiger partial charge is 0.367 e. The van der Waals surface area contributed by atoms with Crippen molar-refractivity contribution in [3.8, 4) is 0 Å². The molecule has 0 bridgehead atoms. The molecule has 3 aromatic heterocycles. The van der Waals surface area contributed by atoms with Crippen LogP contribution in [0.1, 0.15) is 56.4 Å². The second-order valence-electron chi connectivity index (χ2n) is 11.1. The first-order valence-electron chi connectivity index (χ1n) is 13.3. The van der Waals surface area contributed by atoms with Crippen LogP contribution in [0.2, 0.25) is 0 Å². The Labute approximate surface area is 212 Å². The molecule has 2 N–H and O–H groups in total. The first-order chi connectivity index (χ1) is 17.4. The summed E-state index contributed by atoms with van der Waals surface area (Å²) in [5.41, 5.74) is 2.61. The molecular weight excluding hydrogens is 452 g/mol. The maximum atomic E-state index is 13.0. The van der Waals surface area contributed by atoms with Gasteiger partial charge in [0.25, 0.3) is 5.91 Å². The molecule has 0 aromatic carbocycles. The Bertz CT molecular complexity index is 1260. The highest BCUT2D eigenvalue weighted by molar-refractivity contribution is 5.99. The number of rotatable bonds is 4. The third kappa shape index (κ3) is 3.99. The lowest BCUT2D eigenvalue weighted by Gasteiger charge is -2.45. The summed E-state index contributed by atoms with van der Waals surface area (Å²) in [5.74, 6) is 1.87. The Kier molecular flexibility index (Phi) is 5.82. The van der Waals surface area contributed by atoms with E-state index in [2.05, 4.69) is 50.0 Å². The molecule has 3 aliphatic rings. The van der Waals surface area contributed by atoms with Crippen molar-refractivity contribution < 1.29 is 4.79 Å². The minimum Gasteiger partial charge on any atom is -0.367 e. The third-order valence-corrected chi connectivity index (χ3v) is 8.26. The van der Waals surface area contributed by atoms with Crippen LogP contribution in [0.5, 0.6) is 0 Å². The number of likely N-dealkylation sites (N-methyl/N-ethyl adjacent to an activating group) is 1. The van der Waals surface area contributed by atoms with Crippen LogP contribution in [0.4, 0.5) is 17.5 Å². The van der Waals surface area contributed by atoms with Crippen LogP contribution in [-0.2, 0) is 5.54 Å². The highest BCUT2D eigenvalue weighted by atomic mass is 16.2. The number of carbonyl (C=O) groups excluding carboxylic acids is 1. The summed E-state index contributed by atoms with van der Waals surface area (Å²) in [6.45, 7) is 8.21. The SMILES string of the molecule is CC(C)C1CN(c2ccc(Nc3ncc4cc5n(c4n3)C3(CCCCC3)CN(C)C5=O)nc2)CCN1. The molecule has 1 aliphatic carbocycles. The number of nitrogens with zero attached hydrogens (tertiary/aromatic N) is 6. The summed E-state index contributed by atoms with van der Waals surface area (Å²) in [7, 11) is 1.91. The lowest BCUT2D eigenvalue weighted by atomic mass is 9.79. The van der Waals surface area contributed by atoms with E-state index < -0.39 is 0 Å². The van der Waals surface area contributed by atoms with Crippen LogP contribution in [0, 0.1) is 5.92 Å². The van der Waals surface area contributed by atoms with Crippen molar-refractivity contribution in [3.05, 3.63) is 36.3 Å². The lowest BCUT2D eigenvalue weighted by molar-refractivity contribution is 0.0543. The number of hydrogen-bond donors (Lipinski definition) is 2. The van der Waals surface area contributed by atoms with Gasteiger partial charge in [0.2, 0.25) is 5.95 Å². The standard InChI is InChI=1S/C27H36N8O/c1-18(2)21-16-34(12-11-28-21)20-7-8-23(29-15-20)31-26-30-14-19-13-22-25(36)33(3)17-27(9-5-4-6-10-27)35(22)24(19)32-26/h7-8,13-15,18,21,28H,4-6,9-12,16-17H2,1-3H3,(H,29,30,31,32).